The van der Waals surface area contributed by atoms with Gasteiger partial charge in [0.2, 0.25) is 0 Å². The molecule has 1 unspecified atom stereocenters. The highest BCUT2D eigenvalue weighted by Crippen LogP contribution is 2.54. The Balaban J connectivity index is 1.38. The number of alkyl halides is 1. The molecule has 9 nitrogen and oxygen atoms in total. The summed E-state index contributed by atoms with van der Waals surface area (Å²) in [5.74, 6) is -0.0476. The number of nitrogens with zero attached hydrogens (tertiary/aromatic N) is 5. The van der Waals surface area contributed by atoms with Crippen LogP contribution in [0.25, 0.3) is 16.9 Å². The molecule has 0 spiro atoms. The maximum atomic E-state index is 15.1. The van der Waals surface area contributed by atoms with Crippen molar-refractivity contribution in [3.05, 3.63) is 41.9 Å². The van der Waals surface area contributed by atoms with E-state index in [1.54, 1.807) is 18.3 Å². The molecule has 0 saturated heterocycles. The third kappa shape index (κ3) is 4.44. The van der Waals surface area contributed by atoms with E-state index in [2.05, 4.69) is 31.8 Å². The maximum absolute atomic E-state index is 15.1. The van der Waals surface area contributed by atoms with Crippen LogP contribution in [0.1, 0.15) is 55.5 Å². The molecule has 3 N–H and O–H groups in total. The van der Waals surface area contributed by atoms with Crippen molar-refractivity contribution >= 4 is 22.6 Å². The number of amides is 1. The van der Waals surface area contributed by atoms with Gasteiger partial charge in [0.15, 0.2) is 11.5 Å². The van der Waals surface area contributed by atoms with Crippen LogP contribution < -0.4 is 10.6 Å². The van der Waals surface area contributed by atoms with Crippen LogP contribution in [-0.2, 0) is 0 Å². The van der Waals surface area contributed by atoms with Gasteiger partial charge < -0.3 is 15.7 Å². The van der Waals surface area contributed by atoms with Crippen molar-refractivity contribution in [2.75, 3.05) is 11.9 Å². The third-order valence-electron chi connectivity index (χ3n) is 6.74. The summed E-state index contributed by atoms with van der Waals surface area (Å²) in [6, 6.07) is 5.46. The van der Waals surface area contributed by atoms with Crippen molar-refractivity contribution in [3.63, 3.8) is 0 Å². The van der Waals surface area contributed by atoms with Crippen LogP contribution in [0.15, 0.2) is 30.7 Å². The third-order valence-corrected chi connectivity index (χ3v) is 6.74. The molecule has 2 aliphatic rings. The van der Waals surface area contributed by atoms with E-state index >= 15 is 4.39 Å². The van der Waals surface area contributed by atoms with Gasteiger partial charge in [0.05, 0.1) is 29.6 Å². The Morgan fingerprint density at radius 2 is 1.94 bits per heavy atom. The number of fused-ring (bicyclic) bond motifs is 1. The predicted molar refractivity (Wildman–Crippen MR) is 128 cm³/mol. The van der Waals surface area contributed by atoms with E-state index in [-0.39, 0.29) is 30.0 Å². The molecule has 1 atom stereocenters. The highest BCUT2D eigenvalue weighted by atomic mass is 19.1. The molecule has 0 radical (unpaired) electrons. The lowest BCUT2D eigenvalue weighted by Crippen LogP contribution is -2.49. The first-order valence-corrected chi connectivity index (χ1v) is 12.0. The van der Waals surface area contributed by atoms with Gasteiger partial charge in [-0.15, -0.1) is 0 Å². The Hall–Kier alpha value is -3.58. The van der Waals surface area contributed by atoms with Gasteiger partial charge >= 0.3 is 0 Å². The lowest BCUT2D eigenvalue weighted by molar-refractivity contribution is -0.0705. The number of hydrogen-bond donors (Lipinski definition) is 3. The topological polar surface area (TPSA) is 129 Å². The molecule has 2 fully saturated rings. The quantitative estimate of drug-likeness (QED) is 0.432. The first-order chi connectivity index (χ1) is 16.8. The van der Waals surface area contributed by atoms with E-state index in [4.69, 9.17) is 5.26 Å². The molecule has 35 heavy (non-hydrogen) atoms. The van der Waals surface area contributed by atoms with Crippen molar-refractivity contribution in [3.8, 4) is 11.9 Å². The molecule has 2 saturated carbocycles. The largest absolute Gasteiger partial charge is 0.386 e. The maximum Gasteiger partial charge on any atom is 0.255 e. The van der Waals surface area contributed by atoms with E-state index in [9.17, 15) is 9.90 Å². The number of pyridine rings is 2. The van der Waals surface area contributed by atoms with Crippen LogP contribution in [0.4, 0.5) is 10.1 Å². The number of rotatable bonds is 9. The zero-order chi connectivity index (χ0) is 24.7. The fourth-order valence-electron chi connectivity index (χ4n) is 4.70. The molecule has 0 aliphatic heterocycles. The van der Waals surface area contributed by atoms with Gasteiger partial charge in [0.25, 0.3) is 5.91 Å². The molecular formula is C25H28FN7O2. The smallest absolute Gasteiger partial charge is 0.255 e. The summed E-state index contributed by atoms with van der Waals surface area (Å²) in [7, 11) is 0. The number of aliphatic hydroxyl groups is 1. The van der Waals surface area contributed by atoms with E-state index in [0.29, 0.717) is 28.1 Å². The zero-order valence-electron chi connectivity index (χ0n) is 19.7. The monoisotopic (exact) mass is 477 g/mol. The Morgan fingerprint density at radius 1 is 1.23 bits per heavy atom. The van der Waals surface area contributed by atoms with Gasteiger partial charge in [-0.2, -0.15) is 15.0 Å². The standard InChI is InChI=1S/C25H28FN7O2/c1-14(2)32-20-8-22(33-23-16(11-31-33)7-15(9-27)10-29-23)28-12-19(20)24(34)30-13-21(26)25(35,17-3-4-17)18-5-6-18/h7-8,10-12,14,17-18,21,35H,3-6,13H2,1-2H3,(H,28,32)(H,30,34). The molecule has 0 aromatic carbocycles. The number of halogens is 1. The minimum absolute atomic E-state index is 0.0113. The zero-order valence-corrected chi connectivity index (χ0v) is 19.7. The number of carbonyl (C=O) groups excluding carboxylic acids is 1. The van der Waals surface area contributed by atoms with E-state index in [1.807, 2.05) is 13.8 Å². The highest BCUT2D eigenvalue weighted by Gasteiger charge is 2.58. The predicted octanol–water partition coefficient (Wildman–Crippen LogP) is 3.13. The van der Waals surface area contributed by atoms with Crippen molar-refractivity contribution < 1.29 is 14.3 Å². The summed E-state index contributed by atoms with van der Waals surface area (Å²) in [4.78, 5) is 21.8. The Morgan fingerprint density at radius 3 is 2.57 bits per heavy atom. The van der Waals surface area contributed by atoms with Gasteiger partial charge in [0, 0.05) is 29.9 Å². The molecule has 182 valence electrons. The summed E-state index contributed by atoms with van der Waals surface area (Å²) in [6.07, 6.45) is 6.33. The first-order valence-electron chi connectivity index (χ1n) is 12.0. The summed E-state index contributed by atoms with van der Waals surface area (Å²) in [5.41, 5.74) is 0.417. The van der Waals surface area contributed by atoms with Gasteiger partial charge in [-0.25, -0.2) is 14.4 Å². The van der Waals surface area contributed by atoms with Crippen molar-refractivity contribution in [2.45, 2.75) is 57.3 Å². The molecule has 10 heteroatoms. The normalized spacial score (nSPS) is 16.8. The van der Waals surface area contributed by atoms with E-state index in [0.717, 1.165) is 25.7 Å². The highest BCUT2D eigenvalue weighted by molar-refractivity contribution is 5.99. The lowest BCUT2D eigenvalue weighted by atomic mass is 9.86. The minimum atomic E-state index is -1.51. The number of hydrogen-bond acceptors (Lipinski definition) is 7. The molecule has 3 heterocycles. The summed E-state index contributed by atoms with van der Waals surface area (Å²) < 4.78 is 16.7. The molecule has 3 aromatic rings. The number of nitrogens with one attached hydrogen (secondary N) is 2. The van der Waals surface area contributed by atoms with E-state index in [1.165, 1.54) is 17.1 Å². The molecule has 2 aliphatic carbocycles. The second-order valence-corrected chi connectivity index (χ2v) is 9.81. The van der Waals surface area contributed by atoms with Gasteiger partial charge in [-0.3, -0.25) is 4.79 Å². The number of nitriles is 1. The average Bonchev–Trinajstić information content (AvgIpc) is 3.77. The van der Waals surface area contributed by atoms with Crippen LogP contribution in [0.5, 0.6) is 0 Å². The van der Waals surface area contributed by atoms with Crippen molar-refractivity contribution in [1.29, 1.82) is 5.26 Å². The summed E-state index contributed by atoms with van der Waals surface area (Å²) in [5, 5.41) is 31.0. The number of carbonyl (C=O) groups is 1. The van der Waals surface area contributed by atoms with E-state index < -0.39 is 17.7 Å². The molecule has 5 rings (SSSR count). The van der Waals surface area contributed by atoms with Crippen LogP contribution in [0, 0.1) is 23.2 Å². The molecule has 1 amide bonds. The lowest BCUT2D eigenvalue weighted by Gasteiger charge is -2.32. The van der Waals surface area contributed by atoms with Crippen LogP contribution in [0.2, 0.25) is 0 Å². The Kier molecular flexibility index (Phi) is 5.89. The molecule has 3 aromatic heterocycles. The molecular weight excluding hydrogens is 449 g/mol. The van der Waals surface area contributed by atoms with Crippen LogP contribution in [0.3, 0.4) is 0 Å². The summed E-state index contributed by atoms with van der Waals surface area (Å²) >= 11 is 0. The fraction of sp³-hybridized carbons (Fsp3) is 0.480. The first kappa shape index (κ1) is 23.2. The van der Waals surface area contributed by atoms with Gasteiger partial charge in [0.1, 0.15) is 17.8 Å². The van der Waals surface area contributed by atoms with Gasteiger partial charge in [-0.1, -0.05) is 0 Å². The Bertz CT molecular complexity index is 1290. The summed E-state index contributed by atoms with van der Waals surface area (Å²) in [6.45, 7) is 3.64. The second-order valence-electron chi connectivity index (χ2n) is 9.81. The van der Waals surface area contributed by atoms with Crippen molar-refractivity contribution in [2.24, 2.45) is 11.8 Å². The van der Waals surface area contributed by atoms with Gasteiger partial charge in [-0.05, 0) is 57.4 Å². The second kappa shape index (κ2) is 8.89. The average molecular weight is 478 g/mol. The van der Waals surface area contributed by atoms with Crippen molar-refractivity contribution in [1.82, 2.24) is 25.1 Å². The molecule has 0 bridgehead atoms. The Labute approximate surface area is 202 Å². The van der Waals surface area contributed by atoms with Crippen LogP contribution in [-0.4, -0.2) is 55.1 Å². The minimum Gasteiger partial charge on any atom is -0.386 e. The number of aromatic nitrogens is 4. The van der Waals surface area contributed by atoms with Crippen LogP contribution >= 0.6 is 0 Å². The number of anilines is 1. The fourth-order valence-corrected chi connectivity index (χ4v) is 4.70. The SMILES string of the molecule is CC(C)Nc1cc(-n2ncc3cc(C#N)cnc32)ncc1C(=O)NCC(F)C(O)(C1CC1)C1CC1.